The summed E-state index contributed by atoms with van der Waals surface area (Å²) in [4.78, 5) is 37.8. The lowest BCUT2D eigenvalue weighted by molar-refractivity contribution is -0.132. The van der Waals surface area contributed by atoms with Crippen molar-refractivity contribution >= 4 is 29.1 Å². The molecule has 0 fully saturated rings. The minimum atomic E-state index is -0.462. The van der Waals surface area contributed by atoms with E-state index in [9.17, 15) is 14.4 Å². The van der Waals surface area contributed by atoms with Crippen molar-refractivity contribution in [2.45, 2.75) is 33.7 Å². The first-order valence-corrected chi connectivity index (χ1v) is 9.87. The van der Waals surface area contributed by atoms with Crippen molar-refractivity contribution in [3.05, 3.63) is 51.4 Å². The third-order valence-electron chi connectivity index (χ3n) is 4.19. The molecule has 1 aromatic carbocycles. The van der Waals surface area contributed by atoms with Crippen molar-refractivity contribution < 1.29 is 14.3 Å². The lowest BCUT2D eigenvalue weighted by atomic mass is 10.2. The fourth-order valence-electron chi connectivity index (χ4n) is 2.64. The number of hydrogen-bond donors (Lipinski definition) is 1. The van der Waals surface area contributed by atoms with Crippen LogP contribution in [-0.2, 0) is 11.3 Å². The first-order valence-electron chi connectivity index (χ1n) is 9.49. The number of hydrogen-bond acceptors (Lipinski definition) is 5. The van der Waals surface area contributed by atoms with E-state index in [4.69, 9.17) is 16.3 Å². The van der Waals surface area contributed by atoms with E-state index in [1.165, 1.54) is 22.9 Å². The number of ether oxygens (including phenoxy) is 1. The molecule has 1 heterocycles. The highest BCUT2D eigenvalue weighted by atomic mass is 35.5. The molecular formula is C20H25ClN4O4. The fraction of sp³-hybridized carbons (Fsp3) is 0.400. The normalized spacial score (nSPS) is 10.5. The van der Waals surface area contributed by atoms with Gasteiger partial charge in [0, 0.05) is 31.4 Å². The predicted octanol–water partition coefficient (Wildman–Crippen LogP) is 2.81. The van der Waals surface area contributed by atoms with E-state index in [2.05, 4.69) is 10.4 Å². The molecule has 156 valence electrons. The molecule has 0 radical (unpaired) electrons. The number of halogens is 1. The quantitative estimate of drug-likeness (QED) is 0.673. The maximum atomic E-state index is 12.4. The van der Waals surface area contributed by atoms with Crippen molar-refractivity contribution in [2.24, 2.45) is 0 Å². The molecule has 9 heteroatoms. The standard InChI is InChI=1S/C20H25ClN4O4/c1-4-11-25-18(26)10-8-16(23-25)20(28)22-14-7-9-17(15(21)12-14)29-13-19(27)24(5-2)6-3/h7-10,12H,4-6,11,13H2,1-3H3,(H,22,28). The highest BCUT2D eigenvalue weighted by Crippen LogP contribution is 2.28. The number of likely N-dealkylation sites (N-methyl/N-ethyl adjacent to an activating group) is 1. The van der Waals surface area contributed by atoms with Crippen LogP contribution in [0.3, 0.4) is 0 Å². The molecule has 2 amide bonds. The van der Waals surface area contributed by atoms with Crippen LogP contribution in [0.5, 0.6) is 5.75 Å². The van der Waals surface area contributed by atoms with Crippen LogP contribution in [0.4, 0.5) is 5.69 Å². The Hall–Kier alpha value is -2.87. The molecule has 0 aliphatic heterocycles. The molecule has 0 bridgehead atoms. The number of aromatic nitrogens is 2. The van der Waals surface area contributed by atoms with Crippen molar-refractivity contribution in [2.75, 3.05) is 25.0 Å². The van der Waals surface area contributed by atoms with E-state index >= 15 is 0 Å². The van der Waals surface area contributed by atoms with Crippen molar-refractivity contribution in [3.8, 4) is 5.75 Å². The third-order valence-corrected chi connectivity index (χ3v) is 4.49. The average molecular weight is 421 g/mol. The lowest BCUT2D eigenvalue weighted by Gasteiger charge is -2.19. The molecule has 0 unspecified atom stereocenters. The van der Waals surface area contributed by atoms with Crippen LogP contribution in [0.1, 0.15) is 37.7 Å². The minimum Gasteiger partial charge on any atom is -0.482 e. The van der Waals surface area contributed by atoms with Gasteiger partial charge in [-0.3, -0.25) is 14.4 Å². The number of rotatable bonds is 9. The molecule has 0 saturated carbocycles. The van der Waals surface area contributed by atoms with E-state index in [1.54, 1.807) is 17.0 Å². The summed E-state index contributed by atoms with van der Waals surface area (Å²) in [5.41, 5.74) is 0.309. The van der Waals surface area contributed by atoms with Gasteiger partial charge < -0.3 is 15.0 Å². The second-order valence-corrected chi connectivity index (χ2v) is 6.64. The van der Waals surface area contributed by atoms with E-state index < -0.39 is 5.91 Å². The predicted molar refractivity (Wildman–Crippen MR) is 112 cm³/mol. The van der Waals surface area contributed by atoms with Crippen molar-refractivity contribution in [3.63, 3.8) is 0 Å². The van der Waals surface area contributed by atoms with Crippen LogP contribution in [0.25, 0.3) is 0 Å². The molecule has 2 rings (SSSR count). The average Bonchev–Trinajstić information content (AvgIpc) is 2.70. The van der Waals surface area contributed by atoms with Gasteiger partial charge in [-0.05, 0) is 44.5 Å². The third kappa shape index (κ3) is 6.05. The molecule has 1 aromatic heterocycles. The summed E-state index contributed by atoms with van der Waals surface area (Å²) in [5.74, 6) is -0.243. The molecule has 0 saturated heterocycles. The van der Waals surface area contributed by atoms with Gasteiger partial charge in [-0.2, -0.15) is 5.10 Å². The summed E-state index contributed by atoms with van der Waals surface area (Å²) in [5, 5.41) is 7.02. The van der Waals surface area contributed by atoms with Gasteiger partial charge in [-0.1, -0.05) is 18.5 Å². The topological polar surface area (TPSA) is 93.5 Å². The molecule has 1 N–H and O–H groups in total. The Kier molecular flexibility index (Phi) is 8.21. The summed E-state index contributed by atoms with van der Waals surface area (Å²) >= 11 is 6.21. The molecule has 0 atom stereocenters. The maximum Gasteiger partial charge on any atom is 0.276 e. The number of anilines is 1. The summed E-state index contributed by atoms with van der Waals surface area (Å²) in [7, 11) is 0. The van der Waals surface area contributed by atoms with Gasteiger partial charge in [0.1, 0.15) is 11.4 Å². The number of nitrogens with one attached hydrogen (secondary N) is 1. The zero-order valence-corrected chi connectivity index (χ0v) is 17.5. The Morgan fingerprint density at radius 1 is 1.17 bits per heavy atom. The van der Waals surface area contributed by atoms with Crippen molar-refractivity contribution in [1.29, 1.82) is 0 Å². The summed E-state index contributed by atoms with van der Waals surface area (Å²) < 4.78 is 6.75. The Bertz CT molecular complexity index is 925. The SMILES string of the molecule is CCCn1nc(C(=O)Nc2ccc(OCC(=O)N(CC)CC)c(Cl)c2)ccc1=O. The smallest absolute Gasteiger partial charge is 0.276 e. The first kappa shape index (κ1) is 22.4. The van der Waals surface area contributed by atoms with Gasteiger partial charge in [0.2, 0.25) is 0 Å². The van der Waals surface area contributed by atoms with Crippen LogP contribution in [-0.4, -0.2) is 46.2 Å². The Labute approximate surface area is 174 Å². The van der Waals surface area contributed by atoms with Gasteiger partial charge in [0.05, 0.1) is 5.02 Å². The second kappa shape index (κ2) is 10.6. The number of amides is 2. The van der Waals surface area contributed by atoms with Gasteiger partial charge in [-0.15, -0.1) is 0 Å². The molecule has 8 nitrogen and oxygen atoms in total. The molecule has 0 aliphatic rings. The van der Waals surface area contributed by atoms with E-state index in [-0.39, 0.29) is 28.8 Å². The zero-order chi connectivity index (χ0) is 21.4. The monoisotopic (exact) mass is 420 g/mol. The number of nitrogens with zero attached hydrogens (tertiary/aromatic N) is 3. The van der Waals surface area contributed by atoms with Crippen LogP contribution in [0.2, 0.25) is 5.02 Å². The van der Waals surface area contributed by atoms with Crippen molar-refractivity contribution in [1.82, 2.24) is 14.7 Å². The summed E-state index contributed by atoms with van der Waals surface area (Å²) in [6.07, 6.45) is 0.728. The largest absolute Gasteiger partial charge is 0.482 e. The zero-order valence-electron chi connectivity index (χ0n) is 16.8. The highest BCUT2D eigenvalue weighted by Gasteiger charge is 2.14. The highest BCUT2D eigenvalue weighted by molar-refractivity contribution is 6.32. The number of carbonyl (C=O) groups excluding carboxylic acids is 2. The number of aryl methyl sites for hydroxylation is 1. The minimum absolute atomic E-state index is 0.115. The number of carbonyl (C=O) groups is 2. The Morgan fingerprint density at radius 3 is 2.52 bits per heavy atom. The lowest BCUT2D eigenvalue weighted by Crippen LogP contribution is -2.34. The van der Waals surface area contributed by atoms with Crippen LogP contribution in [0.15, 0.2) is 35.1 Å². The second-order valence-electron chi connectivity index (χ2n) is 6.23. The van der Waals surface area contributed by atoms with Gasteiger partial charge in [-0.25, -0.2) is 4.68 Å². The summed E-state index contributed by atoms with van der Waals surface area (Å²) in [6, 6.07) is 7.41. The maximum absolute atomic E-state index is 12.4. The fourth-order valence-corrected chi connectivity index (χ4v) is 2.87. The molecule has 0 spiro atoms. The van der Waals surface area contributed by atoms with Gasteiger partial charge in [0.15, 0.2) is 6.61 Å². The molecule has 2 aromatic rings. The van der Waals surface area contributed by atoms with Crippen LogP contribution < -0.4 is 15.6 Å². The van der Waals surface area contributed by atoms with E-state index in [1.807, 2.05) is 20.8 Å². The first-order chi connectivity index (χ1) is 13.9. The molecular weight excluding hydrogens is 396 g/mol. The van der Waals surface area contributed by atoms with Crippen LogP contribution in [0, 0.1) is 0 Å². The molecule has 29 heavy (non-hydrogen) atoms. The Balaban J connectivity index is 2.05. The van der Waals surface area contributed by atoms with Gasteiger partial charge >= 0.3 is 0 Å². The molecule has 0 aliphatic carbocycles. The summed E-state index contributed by atoms with van der Waals surface area (Å²) in [6.45, 7) is 7.25. The Morgan fingerprint density at radius 2 is 1.90 bits per heavy atom. The van der Waals surface area contributed by atoms with E-state index in [0.29, 0.717) is 31.1 Å². The van der Waals surface area contributed by atoms with Gasteiger partial charge in [0.25, 0.3) is 17.4 Å². The van der Waals surface area contributed by atoms with Crippen LogP contribution >= 0.6 is 11.6 Å². The number of benzene rings is 1. The van der Waals surface area contributed by atoms with E-state index in [0.717, 1.165) is 6.42 Å².